The summed E-state index contributed by atoms with van der Waals surface area (Å²) in [6, 6.07) is 3.22. The van der Waals surface area contributed by atoms with Gasteiger partial charge in [-0.15, -0.1) is 11.8 Å². The van der Waals surface area contributed by atoms with Crippen LogP contribution in [0.1, 0.15) is 23.7 Å². The van der Waals surface area contributed by atoms with Crippen LogP contribution in [0, 0.1) is 5.92 Å². The van der Waals surface area contributed by atoms with Crippen LogP contribution in [0.15, 0.2) is 24.5 Å². The number of rotatable bonds is 8. The molecule has 2 unspecified atom stereocenters. The Morgan fingerprint density at radius 2 is 2.14 bits per heavy atom. The van der Waals surface area contributed by atoms with Crippen LogP contribution in [0.2, 0.25) is 0 Å². The van der Waals surface area contributed by atoms with E-state index in [2.05, 4.69) is 9.72 Å². The molecule has 1 N–H and O–H groups in total. The number of methoxy groups -OCH3 is 1. The molecular weight excluding hydrogens is 294 g/mol. The van der Waals surface area contributed by atoms with Crippen molar-refractivity contribution in [2.75, 3.05) is 12.9 Å². The highest BCUT2D eigenvalue weighted by molar-refractivity contribution is 8.00. The van der Waals surface area contributed by atoms with Gasteiger partial charge in [0.05, 0.1) is 18.8 Å². The molecule has 114 valence electrons. The van der Waals surface area contributed by atoms with Crippen LogP contribution in [0.3, 0.4) is 0 Å². The molecule has 0 aliphatic rings. The van der Waals surface area contributed by atoms with Gasteiger partial charge in [-0.3, -0.25) is 19.4 Å². The highest BCUT2D eigenvalue weighted by Gasteiger charge is 2.25. The lowest BCUT2D eigenvalue weighted by Gasteiger charge is -2.15. The van der Waals surface area contributed by atoms with Crippen molar-refractivity contribution in [2.24, 2.45) is 5.92 Å². The quantitative estimate of drug-likeness (QED) is 0.576. The van der Waals surface area contributed by atoms with Gasteiger partial charge < -0.3 is 9.84 Å². The molecule has 0 bridgehead atoms. The van der Waals surface area contributed by atoms with E-state index in [1.54, 1.807) is 19.1 Å². The zero-order chi connectivity index (χ0) is 15.8. The Morgan fingerprint density at radius 1 is 1.43 bits per heavy atom. The third-order valence-corrected chi connectivity index (χ3v) is 4.11. The molecule has 0 aromatic carbocycles. The van der Waals surface area contributed by atoms with Gasteiger partial charge in [-0.25, -0.2) is 0 Å². The van der Waals surface area contributed by atoms with Gasteiger partial charge in [0.2, 0.25) is 0 Å². The second-order valence-corrected chi connectivity index (χ2v) is 5.77. The predicted octanol–water partition coefficient (Wildman–Crippen LogP) is 1.65. The Labute approximate surface area is 126 Å². The van der Waals surface area contributed by atoms with Crippen molar-refractivity contribution in [2.45, 2.75) is 18.6 Å². The fraction of sp³-hybridized carbons (Fsp3) is 0.429. The number of thioether (sulfide) groups is 1. The van der Waals surface area contributed by atoms with Crippen LogP contribution >= 0.6 is 11.8 Å². The van der Waals surface area contributed by atoms with Gasteiger partial charge in [0.25, 0.3) is 0 Å². The Morgan fingerprint density at radius 3 is 2.67 bits per heavy atom. The molecule has 1 aromatic heterocycles. The van der Waals surface area contributed by atoms with Crippen LogP contribution in [0.4, 0.5) is 0 Å². The summed E-state index contributed by atoms with van der Waals surface area (Å²) in [4.78, 5) is 38.4. The highest BCUT2D eigenvalue weighted by atomic mass is 32.2. The van der Waals surface area contributed by atoms with Crippen molar-refractivity contribution >= 4 is 29.5 Å². The second kappa shape index (κ2) is 8.41. The number of Topliss-reactive ketones (excluding diaryl/α,β-unsaturated/α-hetero) is 1. The van der Waals surface area contributed by atoms with Crippen LogP contribution in [0.25, 0.3) is 0 Å². The molecule has 0 fully saturated rings. The molecule has 6 nitrogen and oxygen atoms in total. The predicted molar refractivity (Wildman–Crippen MR) is 78.2 cm³/mol. The van der Waals surface area contributed by atoms with E-state index >= 15 is 0 Å². The van der Waals surface area contributed by atoms with Crippen molar-refractivity contribution in [3.05, 3.63) is 30.1 Å². The van der Waals surface area contributed by atoms with Crippen LogP contribution in [-0.2, 0) is 14.3 Å². The van der Waals surface area contributed by atoms with E-state index in [1.807, 2.05) is 0 Å². The Kier molecular flexibility index (Phi) is 6.87. The topological polar surface area (TPSA) is 93.6 Å². The molecule has 0 aliphatic heterocycles. The molecule has 0 amide bonds. The standard InChI is InChI=1S/C14H17NO5S/c1-9(14(19)20-2)21-8-11(6-12(16)17)13(18)10-4-3-5-15-7-10/h3-5,7,9,11H,6,8H2,1-2H3,(H,16,17). The average molecular weight is 311 g/mol. The van der Waals surface area contributed by atoms with E-state index in [1.165, 1.54) is 31.3 Å². The first-order valence-corrected chi connectivity index (χ1v) is 7.36. The molecule has 0 saturated carbocycles. The van der Waals surface area contributed by atoms with Gasteiger partial charge >= 0.3 is 11.9 Å². The molecule has 7 heteroatoms. The number of carboxylic acids is 1. The lowest BCUT2D eigenvalue weighted by Crippen LogP contribution is -2.24. The fourth-order valence-corrected chi connectivity index (χ4v) is 2.70. The fourth-order valence-electron chi connectivity index (χ4n) is 1.68. The van der Waals surface area contributed by atoms with Crippen LogP contribution < -0.4 is 0 Å². The summed E-state index contributed by atoms with van der Waals surface area (Å²) in [6.45, 7) is 1.66. The van der Waals surface area contributed by atoms with Crippen molar-refractivity contribution in [3.8, 4) is 0 Å². The van der Waals surface area contributed by atoms with Gasteiger partial charge in [0, 0.05) is 29.6 Å². The summed E-state index contributed by atoms with van der Waals surface area (Å²) in [6.07, 6.45) is 2.66. The molecular formula is C14H17NO5S. The summed E-state index contributed by atoms with van der Waals surface area (Å²) in [5.41, 5.74) is 0.370. The smallest absolute Gasteiger partial charge is 0.318 e. The number of nitrogens with zero attached hydrogens (tertiary/aromatic N) is 1. The molecule has 1 heterocycles. The number of aliphatic carboxylic acids is 1. The molecule has 0 spiro atoms. The SMILES string of the molecule is COC(=O)C(C)SCC(CC(=O)O)C(=O)c1cccnc1. The number of pyridine rings is 1. The summed E-state index contributed by atoms with van der Waals surface area (Å²) in [5.74, 6) is -2.21. The molecule has 1 rings (SSSR count). The number of carbonyl (C=O) groups excluding carboxylic acids is 2. The summed E-state index contributed by atoms with van der Waals surface area (Å²) in [5, 5.41) is 8.48. The maximum atomic E-state index is 12.3. The Balaban J connectivity index is 2.74. The van der Waals surface area contributed by atoms with E-state index in [-0.39, 0.29) is 18.0 Å². The largest absolute Gasteiger partial charge is 0.481 e. The maximum absolute atomic E-state index is 12.3. The monoisotopic (exact) mass is 311 g/mol. The lowest BCUT2D eigenvalue weighted by molar-refractivity contribution is -0.139. The number of ketones is 1. The minimum Gasteiger partial charge on any atom is -0.481 e. The molecule has 0 radical (unpaired) electrons. The van der Waals surface area contributed by atoms with Gasteiger partial charge in [-0.2, -0.15) is 0 Å². The first-order valence-electron chi connectivity index (χ1n) is 6.31. The molecule has 0 saturated heterocycles. The van der Waals surface area contributed by atoms with Crippen molar-refractivity contribution in [3.63, 3.8) is 0 Å². The second-order valence-electron chi connectivity index (χ2n) is 4.40. The van der Waals surface area contributed by atoms with E-state index in [0.29, 0.717) is 5.56 Å². The summed E-state index contributed by atoms with van der Waals surface area (Å²) >= 11 is 1.20. The molecule has 0 aliphatic carbocycles. The maximum Gasteiger partial charge on any atom is 0.318 e. The first kappa shape index (κ1) is 17.2. The third kappa shape index (κ3) is 5.55. The van der Waals surface area contributed by atoms with Crippen LogP contribution in [0.5, 0.6) is 0 Å². The number of hydrogen-bond donors (Lipinski definition) is 1. The van der Waals surface area contributed by atoms with Gasteiger partial charge in [0.1, 0.15) is 0 Å². The normalized spacial score (nSPS) is 13.2. The summed E-state index contributed by atoms with van der Waals surface area (Å²) < 4.78 is 4.60. The highest BCUT2D eigenvalue weighted by Crippen LogP contribution is 2.21. The van der Waals surface area contributed by atoms with E-state index in [4.69, 9.17) is 5.11 Å². The number of aromatic nitrogens is 1. The molecule has 2 atom stereocenters. The summed E-state index contributed by atoms with van der Waals surface area (Å²) in [7, 11) is 1.29. The number of carbonyl (C=O) groups is 3. The van der Waals surface area contributed by atoms with E-state index in [9.17, 15) is 14.4 Å². The average Bonchev–Trinajstić information content (AvgIpc) is 2.50. The number of ether oxygens (including phenoxy) is 1. The lowest BCUT2D eigenvalue weighted by atomic mass is 9.97. The zero-order valence-corrected chi connectivity index (χ0v) is 12.6. The van der Waals surface area contributed by atoms with Crippen molar-refractivity contribution in [1.29, 1.82) is 0 Å². The van der Waals surface area contributed by atoms with Crippen LogP contribution in [-0.4, -0.2) is 45.9 Å². The first-order chi connectivity index (χ1) is 9.95. The van der Waals surface area contributed by atoms with Gasteiger partial charge in [-0.05, 0) is 19.1 Å². The minimum atomic E-state index is -1.05. The van der Waals surface area contributed by atoms with E-state index in [0.717, 1.165) is 0 Å². The third-order valence-electron chi connectivity index (χ3n) is 2.82. The minimum absolute atomic E-state index is 0.232. The number of carboxylic acid groups (broad SMARTS) is 1. The number of hydrogen-bond acceptors (Lipinski definition) is 6. The van der Waals surface area contributed by atoms with Crippen molar-refractivity contribution in [1.82, 2.24) is 4.98 Å². The molecule has 1 aromatic rings. The zero-order valence-electron chi connectivity index (χ0n) is 11.8. The van der Waals surface area contributed by atoms with Gasteiger partial charge in [0.15, 0.2) is 5.78 Å². The van der Waals surface area contributed by atoms with Gasteiger partial charge in [-0.1, -0.05) is 0 Å². The van der Waals surface area contributed by atoms with Crippen molar-refractivity contribution < 1.29 is 24.2 Å². The van der Waals surface area contributed by atoms with E-state index < -0.39 is 23.1 Å². The Bertz CT molecular complexity index is 505. The number of esters is 1. The Hall–Kier alpha value is -1.89. The molecule has 21 heavy (non-hydrogen) atoms.